The van der Waals surface area contributed by atoms with Crippen molar-refractivity contribution in [3.8, 4) is 0 Å². The van der Waals surface area contributed by atoms with E-state index < -0.39 is 26.7 Å². The fourth-order valence-corrected chi connectivity index (χ4v) is 3.67. The summed E-state index contributed by atoms with van der Waals surface area (Å²) in [5.74, 6) is 0. The minimum absolute atomic E-state index is 0.308. The summed E-state index contributed by atoms with van der Waals surface area (Å²) in [5, 5.41) is 0.620. The molecule has 0 atom stereocenters. The summed E-state index contributed by atoms with van der Waals surface area (Å²) in [6.07, 6.45) is -3.32. The van der Waals surface area contributed by atoms with Crippen LogP contribution < -0.4 is 5.73 Å². The van der Waals surface area contributed by atoms with E-state index in [1.807, 2.05) is 0 Å². The number of hydrogen-bond donors (Lipinski definition) is 1. The van der Waals surface area contributed by atoms with Crippen LogP contribution in [-0.2, 0) is 16.2 Å². The minimum Gasteiger partial charge on any atom is -0.399 e. The van der Waals surface area contributed by atoms with Crippen LogP contribution in [-0.4, -0.2) is 12.4 Å². The third-order valence-corrected chi connectivity index (χ3v) is 5.09. The number of aromatic nitrogens is 1. The van der Waals surface area contributed by atoms with Crippen LogP contribution in [0, 0.1) is 0 Å². The van der Waals surface area contributed by atoms with Gasteiger partial charge in [-0.1, -0.05) is 12.1 Å². The molecule has 3 rings (SSSR count). The highest BCUT2D eigenvalue weighted by molar-refractivity contribution is 7.90. The Hall–Kier alpha value is -2.48. The molecular formula is C15H11F3N2O2S. The highest BCUT2D eigenvalue weighted by Crippen LogP contribution is 2.31. The Morgan fingerprint density at radius 1 is 1.00 bits per heavy atom. The third kappa shape index (κ3) is 2.65. The molecule has 0 aliphatic carbocycles. The Bertz CT molecular complexity index is 991. The van der Waals surface area contributed by atoms with Crippen LogP contribution in [0.15, 0.2) is 59.6 Å². The van der Waals surface area contributed by atoms with Crippen molar-refractivity contribution in [2.75, 3.05) is 5.73 Å². The van der Waals surface area contributed by atoms with Gasteiger partial charge in [0.25, 0.3) is 10.0 Å². The number of rotatable bonds is 2. The molecule has 1 aromatic heterocycles. The standard InChI is InChI=1S/C15H11F3N2O2S/c16-15(17,18)11-2-1-3-13(8-11)23(21,22)20-7-6-10-4-5-12(19)9-14(10)20/h1-9H,19H2. The second kappa shape index (κ2) is 5.02. The Morgan fingerprint density at radius 2 is 1.74 bits per heavy atom. The van der Waals surface area contributed by atoms with E-state index in [9.17, 15) is 21.6 Å². The van der Waals surface area contributed by atoms with Crippen molar-refractivity contribution < 1.29 is 21.6 Å². The van der Waals surface area contributed by atoms with Gasteiger partial charge in [-0.3, -0.25) is 0 Å². The van der Waals surface area contributed by atoms with Crippen LogP contribution in [0.3, 0.4) is 0 Å². The van der Waals surface area contributed by atoms with Gasteiger partial charge in [0.15, 0.2) is 0 Å². The lowest BCUT2D eigenvalue weighted by molar-refractivity contribution is -0.137. The van der Waals surface area contributed by atoms with Gasteiger partial charge in [0, 0.05) is 17.3 Å². The van der Waals surface area contributed by atoms with E-state index in [-0.39, 0.29) is 0 Å². The van der Waals surface area contributed by atoms with E-state index in [4.69, 9.17) is 5.73 Å². The molecule has 2 N–H and O–H groups in total. The second-order valence-electron chi connectivity index (χ2n) is 4.96. The van der Waals surface area contributed by atoms with Gasteiger partial charge in [0.1, 0.15) is 0 Å². The lowest BCUT2D eigenvalue weighted by Crippen LogP contribution is -2.13. The van der Waals surface area contributed by atoms with E-state index >= 15 is 0 Å². The molecule has 3 aromatic rings. The summed E-state index contributed by atoms with van der Waals surface area (Å²) in [6, 6.07) is 9.91. The maximum atomic E-state index is 12.8. The predicted molar refractivity (Wildman–Crippen MR) is 80.4 cm³/mol. The molecule has 23 heavy (non-hydrogen) atoms. The molecule has 0 unspecified atom stereocenters. The van der Waals surface area contributed by atoms with Gasteiger partial charge in [-0.15, -0.1) is 0 Å². The van der Waals surface area contributed by atoms with Crippen LogP contribution in [0.4, 0.5) is 18.9 Å². The molecule has 1 heterocycles. The molecule has 4 nitrogen and oxygen atoms in total. The Balaban J connectivity index is 2.20. The molecule has 2 aromatic carbocycles. The molecule has 0 fully saturated rings. The molecule has 0 aliphatic heterocycles. The zero-order valence-electron chi connectivity index (χ0n) is 11.6. The first kappa shape index (κ1) is 15.4. The minimum atomic E-state index is -4.62. The van der Waals surface area contributed by atoms with Gasteiger partial charge in [-0.25, -0.2) is 12.4 Å². The number of alkyl halides is 3. The fraction of sp³-hybridized carbons (Fsp3) is 0.0667. The third-order valence-electron chi connectivity index (χ3n) is 3.40. The van der Waals surface area contributed by atoms with Crippen LogP contribution in [0.25, 0.3) is 10.9 Å². The number of halogens is 3. The molecular weight excluding hydrogens is 329 g/mol. The number of anilines is 1. The van der Waals surface area contributed by atoms with Crippen molar-refractivity contribution in [3.63, 3.8) is 0 Å². The zero-order chi connectivity index (χ0) is 16.8. The number of fused-ring (bicyclic) bond motifs is 1. The van der Waals surface area contributed by atoms with Crippen molar-refractivity contribution in [2.45, 2.75) is 11.1 Å². The fourth-order valence-electron chi connectivity index (χ4n) is 2.28. The summed E-state index contributed by atoms with van der Waals surface area (Å²) >= 11 is 0. The lowest BCUT2D eigenvalue weighted by Gasteiger charge is -2.11. The molecule has 0 amide bonds. The van der Waals surface area contributed by atoms with Crippen molar-refractivity contribution in [2.24, 2.45) is 0 Å². The van der Waals surface area contributed by atoms with Crippen LogP contribution in [0.2, 0.25) is 0 Å². The van der Waals surface area contributed by atoms with Crippen molar-refractivity contribution in [3.05, 3.63) is 60.3 Å². The van der Waals surface area contributed by atoms with Crippen LogP contribution in [0.5, 0.6) is 0 Å². The first-order valence-corrected chi connectivity index (χ1v) is 7.93. The quantitative estimate of drug-likeness (QED) is 0.727. The summed E-state index contributed by atoms with van der Waals surface area (Å²) in [4.78, 5) is -0.438. The van der Waals surface area contributed by atoms with Crippen molar-refractivity contribution in [1.82, 2.24) is 3.97 Å². The number of nitrogens with zero attached hydrogens (tertiary/aromatic N) is 1. The first-order valence-electron chi connectivity index (χ1n) is 6.49. The van der Waals surface area contributed by atoms with Gasteiger partial charge in [-0.05, 0) is 36.4 Å². The molecule has 120 valence electrons. The Morgan fingerprint density at radius 3 is 2.43 bits per heavy atom. The maximum Gasteiger partial charge on any atom is 0.416 e. The van der Waals surface area contributed by atoms with Gasteiger partial charge in [-0.2, -0.15) is 13.2 Å². The highest BCUT2D eigenvalue weighted by atomic mass is 32.2. The lowest BCUT2D eigenvalue weighted by atomic mass is 10.2. The average molecular weight is 340 g/mol. The topological polar surface area (TPSA) is 65.1 Å². The van der Waals surface area contributed by atoms with Crippen LogP contribution in [0.1, 0.15) is 5.56 Å². The molecule has 0 radical (unpaired) electrons. The number of benzene rings is 2. The molecule has 0 aliphatic rings. The summed E-state index contributed by atoms with van der Waals surface area (Å²) in [7, 11) is -4.16. The Kier molecular flexibility index (Phi) is 3.36. The van der Waals surface area contributed by atoms with Gasteiger partial charge >= 0.3 is 6.18 Å². The van der Waals surface area contributed by atoms with Crippen molar-refractivity contribution >= 4 is 26.6 Å². The van der Waals surface area contributed by atoms with E-state index in [0.717, 1.165) is 22.2 Å². The first-order chi connectivity index (χ1) is 10.7. The average Bonchev–Trinajstić information content (AvgIpc) is 2.90. The number of hydrogen-bond acceptors (Lipinski definition) is 3. The van der Waals surface area contributed by atoms with E-state index in [2.05, 4.69) is 0 Å². The summed E-state index contributed by atoms with van der Waals surface area (Å²) in [6.45, 7) is 0. The van der Waals surface area contributed by atoms with Gasteiger partial charge < -0.3 is 5.73 Å². The monoisotopic (exact) mass is 340 g/mol. The molecule has 8 heteroatoms. The molecule has 0 saturated heterocycles. The van der Waals surface area contributed by atoms with Crippen LogP contribution >= 0.6 is 0 Å². The largest absolute Gasteiger partial charge is 0.416 e. The SMILES string of the molecule is Nc1ccc2ccn(S(=O)(=O)c3cccc(C(F)(F)F)c3)c2c1. The predicted octanol–water partition coefficient (Wildman–Crippen LogP) is 3.48. The van der Waals surface area contributed by atoms with E-state index in [1.54, 1.807) is 18.2 Å². The molecule has 0 saturated carbocycles. The molecule has 0 bridgehead atoms. The second-order valence-corrected chi connectivity index (χ2v) is 6.78. The normalized spacial score (nSPS) is 12.7. The number of nitrogens with two attached hydrogens (primary N) is 1. The maximum absolute atomic E-state index is 12.8. The summed E-state index contributed by atoms with van der Waals surface area (Å²) in [5.41, 5.74) is 5.31. The van der Waals surface area contributed by atoms with Crippen molar-refractivity contribution in [1.29, 1.82) is 0 Å². The number of nitrogen functional groups attached to an aromatic ring is 1. The van der Waals surface area contributed by atoms with Gasteiger partial charge in [0.2, 0.25) is 0 Å². The zero-order valence-corrected chi connectivity index (χ0v) is 12.4. The van der Waals surface area contributed by atoms with Gasteiger partial charge in [0.05, 0.1) is 16.0 Å². The smallest absolute Gasteiger partial charge is 0.399 e. The van der Waals surface area contributed by atoms with E-state index in [1.165, 1.54) is 12.3 Å². The van der Waals surface area contributed by atoms with E-state index in [0.29, 0.717) is 22.7 Å². The molecule has 0 spiro atoms. The Labute approximate surface area is 130 Å². The highest BCUT2D eigenvalue weighted by Gasteiger charge is 2.32. The summed E-state index contributed by atoms with van der Waals surface area (Å²) < 4.78 is 64.6.